The lowest BCUT2D eigenvalue weighted by molar-refractivity contribution is -0.00311. The molecule has 2 aromatic rings. The molecule has 0 spiro atoms. The van der Waals surface area contributed by atoms with Gasteiger partial charge in [-0.3, -0.25) is 4.79 Å². The van der Waals surface area contributed by atoms with Gasteiger partial charge in [0.15, 0.2) is 5.82 Å². The van der Waals surface area contributed by atoms with E-state index in [4.69, 9.17) is 9.47 Å². The molecule has 0 aliphatic carbocycles. The topological polar surface area (TPSA) is 64.5 Å². The molecule has 0 unspecified atom stereocenters. The number of ether oxygens (including phenoxy) is 2. The minimum Gasteiger partial charge on any atom is -0.481 e. The van der Waals surface area contributed by atoms with Crippen LogP contribution < -0.4 is 4.74 Å². The highest BCUT2D eigenvalue weighted by Crippen LogP contribution is 2.20. The average Bonchev–Trinajstić information content (AvgIpc) is 2.72. The summed E-state index contributed by atoms with van der Waals surface area (Å²) in [4.78, 5) is 23.4. The maximum Gasteiger partial charge on any atom is 0.253 e. The van der Waals surface area contributed by atoms with E-state index in [0.717, 1.165) is 25.0 Å². The maximum atomic E-state index is 13.0. The van der Waals surface area contributed by atoms with Gasteiger partial charge in [-0.2, -0.15) is 4.98 Å². The van der Waals surface area contributed by atoms with Gasteiger partial charge in [0, 0.05) is 43.1 Å². The zero-order valence-corrected chi connectivity index (χ0v) is 15.4. The Morgan fingerprint density at radius 2 is 2.23 bits per heavy atom. The van der Waals surface area contributed by atoms with Crippen LogP contribution in [0, 0.1) is 0 Å². The molecule has 26 heavy (non-hydrogen) atoms. The molecule has 6 nitrogen and oxygen atoms in total. The molecule has 1 aliphatic rings. The molecule has 1 amide bonds. The van der Waals surface area contributed by atoms with Gasteiger partial charge < -0.3 is 14.4 Å². The highest BCUT2D eigenvalue weighted by atomic mass is 16.5. The van der Waals surface area contributed by atoms with Gasteiger partial charge in [-0.15, -0.1) is 0 Å². The SMILES string of the molecule is CCN(C[C@H]1CCCCO1)C(=O)c1cccc(-c2nccc(OC)n2)c1. The van der Waals surface area contributed by atoms with Crippen molar-refractivity contribution in [1.82, 2.24) is 14.9 Å². The van der Waals surface area contributed by atoms with Crippen molar-refractivity contribution >= 4 is 5.91 Å². The minimum atomic E-state index is 0.00594. The van der Waals surface area contributed by atoms with Gasteiger partial charge in [-0.05, 0) is 38.3 Å². The summed E-state index contributed by atoms with van der Waals surface area (Å²) in [5.41, 5.74) is 1.42. The van der Waals surface area contributed by atoms with Crippen LogP contribution in [0.2, 0.25) is 0 Å². The van der Waals surface area contributed by atoms with Crippen molar-refractivity contribution in [2.75, 3.05) is 26.8 Å². The first-order chi connectivity index (χ1) is 12.7. The Morgan fingerprint density at radius 3 is 2.96 bits per heavy atom. The van der Waals surface area contributed by atoms with E-state index in [1.54, 1.807) is 19.4 Å². The van der Waals surface area contributed by atoms with Crippen LogP contribution in [-0.2, 0) is 4.74 Å². The third-order valence-electron chi connectivity index (χ3n) is 4.57. The molecule has 138 valence electrons. The molecule has 3 rings (SSSR count). The van der Waals surface area contributed by atoms with Crippen LogP contribution in [-0.4, -0.2) is 53.7 Å². The van der Waals surface area contributed by atoms with Crippen LogP contribution in [0.4, 0.5) is 0 Å². The third kappa shape index (κ3) is 4.38. The standard InChI is InChI=1S/C20H25N3O3/c1-3-23(14-17-9-4-5-12-26-17)20(24)16-8-6-7-15(13-16)19-21-11-10-18(22-19)25-2/h6-8,10-11,13,17H,3-5,9,12,14H2,1-2H3/t17-/m1/s1. The molecule has 0 N–H and O–H groups in total. The fraction of sp³-hybridized carbons (Fsp3) is 0.450. The number of aromatic nitrogens is 2. The fourth-order valence-electron chi connectivity index (χ4n) is 3.12. The lowest BCUT2D eigenvalue weighted by atomic mass is 10.1. The first-order valence-electron chi connectivity index (χ1n) is 9.09. The summed E-state index contributed by atoms with van der Waals surface area (Å²) in [7, 11) is 1.57. The van der Waals surface area contributed by atoms with Gasteiger partial charge >= 0.3 is 0 Å². The molecule has 1 aromatic carbocycles. The molecular weight excluding hydrogens is 330 g/mol. The Morgan fingerprint density at radius 1 is 1.35 bits per heavy atom. The van der Waals surface area contributed by atoms with Crippen molar-refractivity contribution in [2.45, 2.75) is 32.3 Å². The Labute approximate surface area is 154 Å². The first kappa shape index (κ1) is 18.3. The zero-order valence-electron chi connectivity index (χ0n) is 15.4. The summed E-state index contributed by atoms with van der Waals surface area (Å²) >= 11 is 0. The number of benzene rings is 1. The summed E-state index contributed by atoms with van der Waals surface area (Å²) in [6.45, 7) is 4.07. The van der Waals surface area contributed by atoms with Gasteiger partial charge in [0.05, 0.1) is 13.2 Å². The van der Waals surface area contributed by atoms with E-state index < -0.39 is 0 Å². The lowest BCUT2D eigenvalue weighted by Gasteiger charge is -2.29. The molecule has 1 fully saturated rings. The van der Waals surface area contributed by atoms with Crippen molar-refractivity contribution in [3.63, 3.8) is 0 Å². The normalized spacial score (nSPS) is 16.9. The van der Waals surface area contributed by atoms with Crippen molar-refractivity contribution in [2.24, 2.45) is 0 Å². The molecule has 0 radical (unpaired) electrons. The molecule has 1 aliphatic heterocycles. The number of nitrogens with zero attached hydrogens (tertiary/aromatic N) is 3. The Bertz CT molecular complexity index is 745. The van der Waals surface area contributed by atoms with E-state index in [0.29, 0.717) is 30.4 Å². The number of likely N-dealkylation sites (N-methyl/N-ethyl adjacent to an activating group) is 1. The van der Waals surface area contributed by atoms with E-state index >= 15 is 0 Å². The van der Waals surface area contributed by atoms with E-state index in [2.05, 4.69) is 9.97 Å². The Kier molecular flexibility index (Phi) is 6.17. The number of amides is 1. The van der Waals surface area contributed by atoms with E-state index in [-0.39, 0.29) is 12.0 Å². The van der Waals surface area contributed by atoms with Crippen molar-refractivity contribution in [3.05, 3.63) is 42.1 Å². The number of methoxy groups -OCH3 is 1. The molecule has 1 saturated heterocycles. The van der Waals surface area contributed by atoms with Gasteiger partial charge in [0.2, 0.25) is 5.88 Å². The van der Waals surface area contributed by atoms with Crippen molar-refractivity contribution in [3.8, 4) is 17.3 Å². The first-order valence-corrected chi connectivity index (χ1v) is 9.09. The van der Waals surface area contributed by atoms with Gasteiger partial charge in [0.25, 0.3) is 5.91 Å². The third-order valence-corrected chi connectivity index (χ3v) is 4.57. The van der Waals surface area contributed by atoms with E-state index in [1.807, 2.05) is 36.1 Å². The van der Waals surface area contributed by atoms with Crippen LogP contribution in [0.25, 0.3) is 11.4 Å². The second-order valence-corrected chi connectivity index (χ2v) is 6.34. The van der Waals surface area contributed by atoms with Crippen LogP contribution in [0.15, 0.2) is 36.5 Å². The predicted octanol–water partition coefficient (Wildman–Crippen LogP) is 3.18. The summed E-state index contributed by atoms with van der Waals surface area (Å²) in [5.74, 6) is 1.04. The van der Waals surface area contributed by atoms with E-state index in [9.17, 15) is 4.79 Å². The van der Waals surface area contributed by atoms with Crippen LogP contribution in [0.3, 0.4) is 0 Å². The van der Waals surface area contributed by atoms with Crippen LogP contribution in [0.5, 0.6) is 5.88 Å². The number of rotatable bonds is 6. The van der Waals surface area contributed by atoms with Crippen molar-refractivity contribution < 1.29 is 14.3 Å². The highest BCUT2D eigenvalue weighted by Gasteiger charge is 2.21. The molecule has 6 heteroatoms. The predicted molar refractivity (Wildman–Crippen MR) is 99.2 cm³/mol. The van der Waals surface area contributed by atoms with Gasteiger partial charge in [-0.1, -0.05) is 12.1 Å². The molecule has 1 aromatic heterocycles. The van der Waals surface area contributed by atoms with E-state index in [1.165, 1.54) is 6.42 Å². The molecular formula is C20H25N3O3. The lowest BCUT2D eigenvalue weighted by Crippen LogP contribution is -2.39. The highest BCUT2D eigenvalue weighted by molar-refractivity contribution is 5.95. The fourth-order valence-corrected chi connectivity index (χ4v) is 3.12. The molecule has 0 saturated carbocycles. The summed E-state index contributed by atoms with van der Waals surface area (Å²) in [6, 6.07) is 9.11. The number of carbonyl (C=O) groups is 1. The van der Waals surface area contributed by atoms with Gasteiger partial charge in [-0.25, -0.2) is 4.98 Å². The monoisotopic (exact) mass is 355 g/mol. The second-order valence-electron chi connectivity index (χ2n) is 6.34. The largest absolute Gasteiger partial charge is 0.481 e. The molecule has 0 bridgehead atoms. The number of hydrogen-bond acceptors (Lipinski definition) is 5. The summed E-state index contributed by atoms with van der Waals surface area (Å²) in [5, 5.41) is 0. The zero-order chi connectivity index (χ0) is 18.4. The van der Waals surface area contributed by atoms with Crippen molar-refractivity contribution in [1.29, 1.82) is 0 Å². The Hall–Kier alpha value is -2.47. The molecule has 2 heterocycles. The number of hydrogen-bond donors (Lipinski definition) is 0. The maximum absolute atomic E-state index is 13.0. The smallest absolute Gasteiger partial charge is 0.253 e. The summed E-state index contributed by atoms with van der Waals surface area (Å²) < 4.78 is 10.9. The number of carbonyl (C=O) groups excluding carboxylic acids is 1. The summed E-state index contributed by atoms with van der Waals surface area (Å²) in [6.07, 6.45) is 5.08. The van der Waals surface area contributed by atoms with Crippen LogP contribution >= 0.6 is 0 Å². The van der Waals surface area contributed by atoms with Gasteiger partial charge in [0.1, 0.15) is 0 Å². The average molecular weight is 355 g/mol. The Balaban J connectivity index is 1.77. The second kappa shape index (κ2) is 8.76. The quantitative estimate of drug-likeness (QED) is 0.796. The van der Waals surface area contributed by atoms with Crippen LogP contribution in [0.1, 0.15) is 36.5 Å². The molecule has 1 atom stereocenters. The minimum absolute atomic E-state index is 0.00594.